The fourth-order valence-corrected chi connectivity index (χ4v) is 3.19. The highest BCUT2D eigenvalue weighted by Gasteiger charge is 2.09. The number of fused-ring (bicyclic) bond motifs is 1. The van der Waals surface area contributed by atoms with E-state index in [0.29, 0.717) is 5.01 Å². The van der Waals surface area contributed by atoms with Crippen LogP contribution >= 0.6 is 11.3 Å². The quantitative estimate of drug-likeness (QED) is 0.775. The standard InChI is InChI=1S/C8H8N2O2S2/c1-14(11,12)5-7-10-6-3-2-4-9-8(6)13-7/h2-4H,5H2,1H3. The number of pyridine rings is 1. The molecule has 2 aromatic heterocycles. The van der Waals surface area contributed by atoms with Crippen molar-refractivity contribution in [3.05, 3.63) is 23.3 Å². The summed E-state index contributed by atoms with van der Waals surface area (Å²) in [5.74, 6) is -0.00593. The topological polar surface area (TPSA) is 59.9 Å². The second-order valence-corrected chi connectivity index (χ2v) is 6.21. The van der Waals surface area contributed by atoms with Crippen LogP contribution in [0.3, 0.4) is 0 Å². The lowest BCUT2D eigenvalue weighted by atomic mass is 10.5. The van der Waals surface area contributed by atoms with Crippen LogP contribution < -0.4 is 0 Å². The van der Waals surface area contributed by atoms with Gasteiger partial charge in [0.2, 0.25) is 0 Å². The SMILES string of the molecule is CS(=O)(=O)Cc1nc2cccnc2s1. The highest BCUT2D eigenvalue weighted by molar-refractivity contribution is 7.90. The van der Waals surface area contributed by atoms with Crippen molar-refractivity contribution in [1.82, 2.24) is 9.97 Å². The Morgan fingerprint density at radius 2 is 2.29 bits per heavy atom. The predicted molar refractivity (Wildman–Crippen MR) is 56.0 cm³/mol. The Bertz CT molecular complexity index is 526. The van der Waals surface area contributed by atoms with Crippen molar-refractivity contribution in [3.63, 3.8) is 0 Å². The zero-order valence-electron chi connectivity index (χ0n) is 7.47. The molecule has 0 bridgehead atoms. The first-order valence-electron chi connectivity index (χ1n) is 3.93. The molecule has 0 N–H and O–H groups in total. The summed E-state index contributed by atoms with van der Waals surface area (Å²) in [7, 11) is -3.00. The van der Waals surface area contributed by atoms with Crippen LogP contribution in [0.2, 0.25) is 0 Å². The fraction of sp³-hybridized carbons (Fsp3) is 0.250. The number of rotatable bonds is 2. The van der Waals surface area contributed by atoms with E-state index in [1.165, 1.54) is 17.6 Å². The third-order valence-corrected chi connectivity index (χ3v) is 3.56. The Morgan fingerprint density at radius 3 is 2.93 bits per heavy atom. The van der Waals surface area contributed by atoms with Gasteiger partial charge in [-0.2, -0.15) is 0 Å². The average molecular weight is 228 g/mol. The van der Waals surface area contributed by atoms with Crippen LogP contribution in [-0.2, 0) is 15.6 Å². The van der Waals surface area contributed by atoms with Crippen LogP contribution in [0.15, 0.2) is 18.3 Å². The maximum atomic E-state index is 11.0. The van der Waals surface area contributed by atoms with Gasteiger partial charge in [0.1, 0.15) is 21.1 Å². The number of hydrogen-bond acceptors (Lipinski definition) is 5. The fourth-order valence-electron chi connectivity index (χ4n) is 1.10. The normalized spacial score (nSPS) is 12.1. The van der Waals surface area contributed by atoms with Crippen molar-refractivity contribution >= 4 is 31.5 Å². The summed E-state index contributed by atoms with van der Waals surface area (Å²) >= 11 is 1.32. The summed E-state index contributed by atoms with van der Waals surface area (Å²) < 4.78 is 22.0. The maximum absolute atomic E-state index is 11.0. The molecular weight excluding hydrogens is 220 g/mol. The minimum Gasteiger partial charge on any atom is -0.244 e. The van der Waals surface area contributed by atoms with Crippen LogP contribution in [0.25, 0.3) is 10.3 Å². The molecule has 0 fully saturated rings. The minimum atomic E-state index is -3.00. The first kappa shape index (κ1) is 9.54. The lowest BCUT2D eigenvalue weighted by molar-refractivity contribution is 0.601. The van der Waals surface area contributed by atoms with Gasteiger partial charge in [-0.25, -0.2) is 18.4 Å². The molecule has 2 rings (SSSR count). The summed E-state index contributed by atoms with van der Waals surface area (Å²) in [6.07, 6.45) is 2.87. The van der Waals surface area contributed by atoms with Crippen molar-refractivity contribution in [3.8, 4) is 0 Å². The van der Waals surface area contributed by atoms with Crippen LogP contribution in [0.4, 0.5) is 0 Å². The summed E-state index contributed by atoms with van der Waals surface area (Å²) in [4.78, 5) is 9.05. The number of thiazole rings is 1. The number of nitrogens with zero attached hydrogens (tertiary/aromatic N) is 2. The molecule has 0 aliphatic carbocycles. The predicted octanol–water partition coefficient (Wildman–Crippen LogP) is 1.24. The van der Waals surface area contributed by atoms with E-state index in [-0.39, 0.29) is 5.75 Å². The Morgan fingerprint density at radius 1 is 1.50 bits per heavy atom. The van der Waals surface area contributed by atoms with E-state index in [9.17, 15) is 8.42 Å². The van der Waals surface area contributed by atoms with Crippen LogP contribution in [0.5, 0.6) is 0 Å². The molecule has 0 atom stereocenters. The molecule has 74 valence electrons. The lowest BCUT2D eigenvalue weighted by Gasteiger charge is -1.89. The Balaban J connectivity index is 2.46. The van der Waals surface area contributed by atoms with Crippen molar-refractivity contribution in [2.24, 2.45) is 0 Å². The number of aromatic nitrogens is 2. The van der Waals surface area contributed by atoms with Gasteiger partial charge in [0.15, 0.2) is 9.84 Å². The molecule has 14 heavy (non-hydrogen) atoms. The Hall–Kier alpha value is -1.01. The van der Waals surface area contributed by atoms with Crippen molar-refractivity contribution in [1.29, 1.82) is 0 Å². The van der Waals surface area contributed by atoms with Crippen LogP contribution in [-0.4, -0.2) is 24.6 Å². The van der Waals surface area contributed by atoms with Gasteiger partial charge in [-0.1, -0.05) is 11.3 Å². The highest BCUT2D eigenvalue weighted by Crippen LogP contribution is 2.20. The zero-order valence-corrected chi connectivity index (χ0v) is 9.10. The molecule has 0 saturated carbocycles. The molecule has 6 heteroatoms. The van der Waals surface area contributed by atoms with Gasteiger partial charge in [-0.05, 0) is 12.1 Å². The maximum Gasteiger partial charge on any atom is 0.153 e. The monoisotopic (exact) mass is 228 g/mol. The molecule has 0 aliphatic rings. The molecule has 0 aliphatic heterocycles. The van der Waals surface area contributed by atoms with Gasteiger partial charge in [-0.3, -0.25) is 0 Å². The van der Waals surface area contributed by atoms with Crippen LogP contribution in [0.1, 0.15) is 5.01 Å². The van der Waals surface area contributed by atoms with Gasteiger partial charge >= 0.3 is 0 Å². The van der Waals surface area contributed by atoms with Gasteiger partial charge in [-0.15, -0.1) is 0 Å². The lowest BCUT2D eigenvalue weighted by Crippen LogP contribution is -1.99. The van der Waals surface area contributed by atoms with Crippen LogP contribution in [0, 0.1) is 0 Å². The average Bonchev–Trinajstić information content (AvgIpc) is 2.42. The minimum absolute atomic E-state index is 0.00593. The highest BCUT2D eigenvalue weighted by atomic mass is 32.2. The van der Waals surface area contributed by atoms with E-state index < -0.39 is 9.84 Å². The van der Waals surface area contributed by atoms with Gasteiger partial charge in [0, 0.05) is 12.5 Å². The molecule has 0 radical (unpaired) electrons. The molecular formula is C8H8N2O2S2. The van der Waals surface area contributed by atoms with E-state index in [1.807, 2.05) is 6.07 Å². The van der Waals surface area contributed by atoms with E-state index in [1.54, 1.807) is 12.3 Å². The second kappa shape index (κ2) is 3.29. The Kier molecular flexibility index (Phi) is 2.24. The third kappa shape index (κ3) is 2.08. The first-order chi connectivity index (χ1) is 6.54. The summed E-state index contributed by atoms with van der Waals surface area (Å²) in [5.41, 5.74) is 0.760. The molecule has 0 saturated heterocycles. The third-order valence-electron chi connectivity index (χ3n) is 1.60. The molecule has 4 nitrogen and oxygen atoms in total. The van der Waals surface area contributed by atoms with Gasteiger partial charge in [0.25, 0.3) is 0 Å². The zero-order chi connectivity index (χ0) is 10.2. The van der Waals surface area contributed by atoms with E-state index in [2.05, 4.69) is 9.97 Å². The first-order valence-corrected chi connectivity index (χ1v) is 6.80. The molecule has 0 aromatic carbocycles. The largest absolute Gasteiger partial charge is 0.244 e. The molecule has 0 spiro atoms. The molecule has 0 amide bonds. The van der Waals surface area contributed by atoms with Gasteiger partial charge < -0.3 is 0 Å². The van der Waals surface area contributed by atoms with E-state index in [4.69, 9.17) is 0 Å². The smallest absolute Gasteiger partial charge is 0.153 e. The summed E-state index contributed by atoms with van der Waals surface area (Å²) in [6, 6.07) is 3.61. The summed E-state index contributed by atoms with van der Waals surface area (Å²) in [5, 5.41) is 0.598. The number of sulfone groups is 1. The molecule has 2 heterocycles. The van der Waals surface area contributed by atoms with Crippen molar-refractivity contribution in [2.75, 3.05) is 6.26 Å². The summed E-state index contributed by atoms with van der Waals surface area (Å²) in [6.45, 7) is 0. The van der Waals surface area contributed by atoms with E-state index >= 15 is 0 Å². The number of hydrogen-bond donors (Lipinski definition) is 0. The Labute approximate surface area is 85.5 Å². The van der Waals surface area contributed by atoms with E-state index in [0.717, 1.165) is 10.3 Å². The second-order valence-electron chi connectivity index (χ2n) is 3.01. The van der Waals surface area contributed by atoms with Gasteiger partial charge in [0.05, 0.1) is 0 Å². The molecule has 2 aromatic rings. The van der Waals surface area contributed by atoms with Crippen molar-refractivity contribution < 1.29 is 8.42 Å². The van der Waals surface area contributed by atoms with Crippen molar-refractivity contribution in [2.45, 2.75) is 5.75 Å². The molecule has 0 unspecified atom stereocenters.